The van der Waals surface area contributed by atoms with E-state index in [0.29, 0.717) is 11.3 Å². The molecule has 0 radical (unpaired) electrons. The molecular weight excluding hydrogens is 318 g/mol. The van der Waals surface area contributed by atoms with Crippen LogP contribution in [0.2, 0.25) is 0 Å². The summed E-state index contributed by atoms with van der Waals surface area (Å²) >= 11 is 0. The van der Waals surface area contributed by atoms with E-state index in [9.17, 15) is 8.42 Å². The van der Waals surface area contributed by atoms with Crippen LogP contribution >= 0.6 is 0 Å². The van der Waals surface area contributed by atoms with E-state index >= 15 is 0 Å². The largest absolute Gasteiger partial charge is 0.247 e. The quantitative estimate of drug-likeness (QED) is 0.791. The van der Waals surface area contributed by atoms with Gasteiger partial charge in [0.1, 0.15) is 4.86 Å². The third-order valence-corrected chi connectivity index (χ3v) is 4.71. The summed E-state index contributed by atoms with van der Waals surface area (Å²) in [6.07, 6.45) is 5.20. The van der Waals surface area contributed by atoms with Crippen LogP contribution in [0.25, 0.3) is 5.57 Å². The molecule has 3 nitrogen and oxygen atoms in total. The van der Waals surface area contributed by atoms with Crippen LogP contribution in [0.1, 0.15) is 11.1 Å². The number of aliphatic imine (C=N–C) groups is 1. The van der Waals surface area contributed by atoms with Crippen LogP contribution in [0.3, 0.4) is 0 Å². The van der Waals surface area contributed by atoms with Gasteiger partial charge in [-0.25, -0.2) is 4.99 Å². The summed E-state index contributed by atoms with van der Waals surface area (Å²) in [6, 6.07) is 19.6. The minimum Gasteiger partial charge on any atom is -0.247 e. The number of allylic oxidation sites excluding steroid dienone is 5. The zero-order valence-corrected chi connectivity index (χ0v) is 13.5. The summed E-state index contributed by atoms with van der Waals surface area (Å²) in [4.78, 5) is 5.01. The Bertz CT molecular complexity index is 1060. The van der Waals surface area contributed by atoms with Gasteiger partial charge in [0, 0.05) is 16.7 Å². The number of rotatable bonds is 2. The van der Waals surface area contributed by atoms with Crippen molar-refractivity contribution in [1.82, 2.24) is 0 Å². The highest BCUT2D eigenvalue weighted by Gasteiger charge is 2.29. The minimum absolute atomic E-state index is 0.279. The topological polar surface area (TPSA) is 46.5 Å². The molecule has 0 amide bonds. The molecule has 116 valence electrons. The molecule has 4 heteroatoms. The smallest absolute Gasteiger partial charge is 0.222 e. The molecule has 2 aromatic carbocycles. The lowest BCUT2D eigenvalue weighted by atomic mass is 9.90. The van der Waals surface area contributed by atoms with Gasteiger partial charge in [0.05, 0.1) is 11.4 Å². The summed E-state index contributed by atoms with van der Waals surface area (Å²) in [7, 11) is -2.32. The molecule has 0 spiro atoms. The molecular formula is C20H13NO2S. The van der Waals surface area contributed by atoms with Gasteiger partial charge in [0.15, 0.2) is 0 Å². The zero-order valence-electron chi connectivity index (χ0n) is 12.7. The van der Waals surface area contributed by atoms with Crippen molar-refractivity contribution in [2.75, 3.05) is 0 Å². The first-order chi connectivity index (χ1) is 11.8. The van der Waals surface area contributed by atoms with Crippen LogP contribution in [0.15, 0.2) is 95.2 Å². The van der Waals surface area contributed by atoms with Gasteiger partial charge in [-0.2, -0.15) is 8.42 Å². The molecule has 2 aliphatic rings. The SMILES string of the molecule is O=S(=O)=C1C=CC=C2N=C(c3ccccc3)C(c3ccccc3)=C21. The van der Waals surface area contributed by atoms with Crippen molar-refractivity contribution in [1.29, 1.82) is 0 Å². The Morgan fingerprint density at radius 3 is 2.00 bits per heavy atom. The molecule has 1 aliphatic carbocycles. The zero-order chi connectivity index (χ0) is 16.5. The maximum Gasteiger partial charge on any atom is 0.222 e. The Labute approximate surface area is 141 Å². The molecule has 24 heavy (non-hydrogen) atoms. The van der Waals surface area contributed by atoms with E-state index in [1.54, 1.807) is 12.2 Å². The van der Waals surface area contributed by atoms with E-state index in [1.165, 1.54) is 0 Å². The maximum absolute atomic E-state index is 11.7. The van der Waals surface area contributed by atoms with E-state index in [0.717, 1.165) is 22.4 Å². The molecule has 0 aromatic heterocycles. The van der Waals surface area contributed by atoms with Crippen LogP contribution in [0, 0.1) is 0 Å². The molecule has 0 unspecified atom stereocenters. The lowest BCUT2D eigenvalue weighted by molar-refractivity contribution is 0.627. The summed E-state index contributed by atoms with van der Waals surface area (Å²) in [5.41, 5.74) is 4.95. The van der Waals surface area contributed by atoms with Gasteiger partial charge in [-0.15, -0.1) is 0 Å². The Kier molecular flexibility index (Phi) is 3.59. The molecule has 0 bridgehead atoms. The van der Waals surface area contributed by atoms with Crippen molar-refractivity contribution in [2.45, 2.75) is 0 Å². The van der Waals surface area contributed by atoms with Crippen molar-refractivity contribution in [3.8, 4) is 0 Å². The van der Waals surface area contributed by atoms with Gasteiger partial charge in [-0.3, -0.25) is 0 Å². The molecule has 1 aliphatic heterocycles. The first kappa shape index (κ1) is 14.6. The fraction of sp³-hybridized carbons (Fsp3) is 0. The third kappa shape index (κ3) is 2.37. The number of hydrogen-bond donors (Lipinski definition) is 0. The van der Waals surface area contributed by atoms with Crippen molar-refractivity contribution >= 4 is 26.4 Å². The first-order valence-corrected chi connectivity index (χ1v) is 8.62. The van der Waals surface area contributed by atoms with Crippen molar-refractivity contribution < 1.29 is 8.42 Å². The third-order valence-electron chi connectivity index (χ3n) is 4.01. The number of nitrogens with zero attached hydrogens (tertiary/aromatic N) is 1. The normalized spacial score (nSPS) is 15.9. The van der Waals surface area contributed by atoms with E-state index < -0.39 is 10.3 Å². The van der Waals surface area contributed by atoms with Crippen LogP contribution in [0.5, 0.6) is 0 Å². The van der Waals surface area contributed by atoms with Gasteiger partial charge in [0.25, 0.3) is 0 Å². The van der Waals surface area contributed by atoms with E-state index in [2.05, 4.69) is 0 Å². The predicted octanol–water partition coefficient (Wildman–Crippen LogP) is 3.45. The van der Waals surface area contributed by atoms with Crippen LogP contribution < -0.4 is 0 Å². The fourth-order valence-corrected chi connectivity index (χ4v) is 3.55. The summed E-state index contributed by atoms with van der Waals surface area (Å²) in [6.45, 7) is 0. The monoisotopic (exact) mass is 331 g/mol. The molecule has 0 atom stereocenters. The highest BCUT2D eigenvalue weighted by atomic mass is 32.2. The van der Waals surface area contributed by atoms with Gasteiger partial charge < -0.3 is 0 Å². The van der Waals surface area contributed by atoms with Gasteiger partial charge in [-0.05, 0) is 17.7 Å². The number of benzene rings is 2. The Morgan fingerprint density at radius 1 is 0.750 bits per heavy atom. The molecule has 0 fully saturated rings. The Morgan fingerprint density at radius 2 is 1.38 bits per heavy atom. The van der Waals surface area contributed by atoms with Crippen molar-refractivity contribution in [3.05, 3.63) is 101 Å². The molecule has 1 heterocycles. The second-order valence-electron chi connectivity index (χ2n) is 5.45. The van der Waals surface area contributed by atoms with E-state index in [-0.39, 0.29) is 4.86 Å². The van der Waals surface area contributed by atoms with E-state index in [4.69, 9.17) is 4.99 Å². The highest BCUT2D eigenvalue weighted by molar-refractivity contribution is 7.74. The summed E-state index contributed by atoms with van der Waals surface area (Å²) in [5.74, 6) is 0. The van der Waals surface area contributed by atoms with Gasteiger partial charge in [0.2, 0.25) is 10.3 Å². The second-order valence-corrected chi connectivity index (χ2v) is 6.36. The predicted molar refractivity (Wildman–Crippen MR) is 97.5 cm³/mol. The van der Waals surface area contributed by atoms with Crippen molar-refractivity contribution in [3.63, 3.8) is 0 Å². The lowest BCUT2D eigenvalue weighted by Gasteiger charge is -2.11. The standard InChI is InChI=1S/C20H13NO2S/c22-24(23)17-13-7-12-16-19(17)18(14-8-3-1-4-9-14)20(21-16)15-10-5-2-6-11-15/h1-13H. The number of fused-ring (bicyclic) bond motifs is 1. The maximum atomic E-state index is 11.7. The molecule has 0 saturated carbocycles. The second kappa shape index (κ2) is 5.91. The first-order valence-electron chi connectivity index (χ1n) is 7.55. The van der Waals surface area contributed by atoms with Crippen molar-refractivity contribution in [2.24, 2.45) is 4.99 Å². The Balaban J connectivity index is 2.05. The van der Waals surface area contributed by atoms with Gasteiger partial charge >= 0.3 is 0 Å². The molecule has 0 saturated heterocycles. The van der Waals surface area contributed by atoms with Crippen LogP contribution in [-0.4, -0.2) is 19.0 Å². The lowest BCUT2D eigenvalue weighted by Crippen LogP contribution is -2.08. The van der Waals surface area contributed by atoms with Crippen LogP contribution in [0.4, 0.5) is 0 Å². The van der Waals surface area contributed by atoms with E-state index in [1.807, 2.05) is 66.7 Å². The fourth-order valence-electron chi connectivity index (χ4n) is 2.99. The highest BCUT2D eigenvalue weighted by Crippen LogP contribution is 2.37. The summed E-state index contributed by atoms with van der Waals surface area (Å²) in [5, 5.41) is 0. The average Bonchev–Trinajstić information content (AvgIpc) is 3.02. The summed E-state index contributed by atoms with van der Waals surface area (Å²) < 4.78 is 23.4. The Hall–Kier alpha value is -2.98. The minimum atomic E-state index is -2.32. The van der Waals surface area contributed by atoms with Gasteiger partial charge in [-0.1, -0.05) is 66.7 Å². The molecule has 4 rings (SSSR count). The average molecular weight is 331 g/mol. The van der Waals surface area contributed by atoms with Crippen LogP contribution in [-0.2, 0) is 10.3 Å². The number of hydrogen-bond acceptors (Lipinski definition) is 3. The molecule has 0 N–H and O–H groups in total. The molecule has 2 aromatic rings.